The van der Waals surface area contributed by atoms with Gasteiger partial charge >= 0.3 is 0 Å². The topological polar surface area (TPSA) is 50.8 Å². The van der Waals surface area contributed by atoms with Gasteiger partial charge in [-0.2, -0.15) is 0 Å². The van der Waals surface area contributed by atoms with Crippen LogP contribution in [-0.2, 0) is 4.79 Å². The summed E-state index contributed by atoms with van der Waals surface area (Å²) in [5.74, 6) is 2.59. The summed E-state index contributed by atoms with van der Waals surface area (Å²) in [5, 5.41) is 2.93. The minimum atomic E-state index is -0.00948. The van der Waals surface area contributed by atoms with Crippen molar-refractivity contribution in [3.8, 4) is 11.5 Å². The summed E-state index contributed by atoms with van der Waals surface area (Å²) in [4.78, 5) is 14.5. The second kappa shape index (κ2) is 7.49. The van der Waals surface area contributed by atoms with Crippen molar-refractivity contribution in [2.75, 3.05) is 39.2 Å². The predicted molar refractivity (Wildman–Crippen MR) is 87.6 cm³/mol. The zero-order chi connectivity index (χ0) is 16.1. The van der Waals surface area contributed by atoms with Crippen LogP contribution in [0.3, 0.4) is 0 Å². The van der Waals surface area contributed by atoms with Gasteiger partial charge in [0.05, 0.1) is 26.5 Å². The smallest absolute Gasteiger partial charge is 0.238 e. The van der Waals surface area contributed by atoms with Crippen LogP contribution in [0.4, 0.5) is 5.69 Å². The van der Waals surface area contributed by atoms with E-state index in [1.54, 1.807) is 26.4 Å². The van der Waals surface area contributed by atoms with Crippen LogP contribution in [0.5, 0.6) is 11.5 Å². The third kappa shape index (κ3) is 4.37. The monoisotopic (exact) mass is 306 g/mol. The van der Waals surface area contributed by atoms with Gasteiger partial charge in [0, 0.05) is 19.2 Å². The number of amides is 1. The Morgan fingerprint density at radius 1 is 1.23 bits per heavy atom. The number of nitrogens with zero attached hydrogens (tertiary/aromatic N) is 1. The van der Waals surface area contributed by atoms with E-state index in [1.807, 2.05) is 6.07 Å². The van der Waals surface area contributed by atoms with E-state index in [0.717, 1.165) is 13.1 Å². The highest BCUT2D eigenvalue weighted by atomic mass is 16.5. The Hall–Kier alpha value is -1.75. The number of ether oxygens (including phenoxy) is 2. The molecule has 0 radical (unpaired) electrons. The molecule has 1 aliphatic rings. The van der Waals surface area contributed by atoms with E-state index in [-0.39, 0.29) is 5.91 Å². The molecule has 122 valence electrons. The average Bonchev–Trinajstić information content (AvgIpc) is 2.46. The van der Waals surface area contributed by atoms with Crippen LogP contribution in [0.1, 0.15) is 20.3 Å². The van der Waals surface area contributed by atoms with Crippen LogP contribution in [0.25, 0.3) is 0 Å². The van der Waals surface area contributed by atoms with Gasteiger partial charge in [-0.15, -0.1) is 0 Å². The van der Waals surface area contributed by atoms with Crippen molar-refractivity contribution in [2.24, 2.45) is 11.8 Å². The third-order valence-electron chi connectivity index (χ3n) is 3.99. The molecule has 1 saturated heterocycles. The molecule has 0 aliphatic carbocycles. The fourth-order valence-electron chi connectivity index (χ4n) is 3.22. The van der Waals surface area contributed by atoms with Crippen LogP contribution in [0.15, 0.2) is 18.2 Å². The normalized spacial score (nSPS) is 22.2. The van der Waals surface area contributed by atoms with Crippen molar-refractivity contribution in [3.05, 3.63) is 18.2 Å². The maximum Gasteiger partial charge on any atom is 0.238 e. The Morgan fingerprint density at radius 3 is 2.50 bits per heavy atom. The van der Waals surface area contributed by atoms with Gasteiger partial charge in [-0.05, 0) is 30.4 Å². The van der Waals surface area contributed by atoms with Gasteiger partial charge in [0.15, 0.2) is 0 Å². The quantitative estimate of drug-likeness (QED) is 0.908. The highest BCUT2D eigenvalue weighted by molar-refractivity contribution is 5.93. The number of anilines is 1. The molecule has 1 heterocycles. The summed E-state index contributed by atoms with van der Waals surface area (Å²) in [5.41, 5.74) is 0.673. The highest BCUT2D eigenvalue weighted by Gasteiger charge is 2.23. The van der Waals surface area contributed by atoms with Crippen molar-refractivity contribution in [2.45, 2.75) is 20.3 Å². The number of hydrogen-bond acceptors (Lipinski definition) is 4. The second-order valence-corrected chi connectivity index (χ2v) is 6.25. The molecule has 0 aromatic heterocycles. The lowest BCUT2D eigenvalue weighted by atomic mass is 9.92. The average molecular weight is 306 g/mol. The van der Waals surface area contributed by atoms with Crippen molar-refractivity contribution in [3.63, 3.8) is 0 Å². The molecule has 2 atom stereocenters. The first-order valence-electron chi connectivity index (χ1n) is 7.76. The fraction of sp³-hybridized carbons (Fsp3) is 0.588. The number of piperidine rings is 1. The second-order valence-electron chi connectivity index (χ2n) is 6.25. The van der Waals surface area contributed by atoms with Crippen LogP contribution >= 0.6 is 0 Å². The van der Waals surface area contributed by atoms with Gasteiger partial charge in [0.25, 0.3) is 0 Å². The number of carbonyl (C=O) groups is 1. The number of benzene rings is 1. The number of carbonyl (C=O) groups excluding carboxylic acids is 1. The van der Waals surface area contributed by atoms with Crippen LogP contribution in [-0.4, -0.2) is 44.7 Å². The lowest BCUT2D eigenvalue weighted by Crippen LogP contribution is -2.42. The third-order valence-corrected chi connectivity index (χ3v) is 3.99. The van der Waals surface area contributed by atoms with Crippen molar-refractivity contribution in [1.82, 2.24) is 4.90 Å². The summed E-state index contributed by atoms with van der Waals surface area (Å²) in [7, 11) is 3.18. The first-order valence-corrected chi connectivity index (χ1v) is 7.76. The molecule has 5 heteroatoms. The standard InChI is InChI=1S/C17H26N2O3/c1-12-7-13(2)10-19(9-12)11-17(20)18-15-6-5-14(21-3)8-16(15)22-4/h5-6,8,12-13H,7,9-11H2,1-4H3,(H,18,20)/t12-,13+. The molecular formula is C17H26N2O3. The summed E-state index contributed by atoms with van der Waals surface area (Å²) < 4.78 is 10.5. The van der Waals surface area contributed by atoms with Crippen molar-refractivity contribution >= 4 is 11.6 Å². The summed E-state index contributed by atoms with van der Waals surface area (Å²) in [6.07, 6.45) is 1.24. The Labute approximate surface area is 132 Å². The lowest BCUT2D eigenvalue weighted by molar-refractivity contribution is -0.117. The van der Waals surface area contributed by atoms with Crippen molar-refractivity contribution in [1.29, 1.82) is 0 Å². The summed E-state index contributed by atoms with van der Waals surface area (Å²) in [6.45, 7) is 6.87. The minimum Gasteiger partial charge on any atom is -0.497 e. The van der Waals surface area contributed by atoms with E-state index in [0.29, 0.717) is 35.6 Å². The molecular weight excluding hydrogens is 280 g/mol. The summed E-state index contributed by atoms with van der Waals surface area (Å²) >= 11 is 0. The fourth-order valence-corrected chi connectivity index (χ4v) is 3.22. The van der Waals surface area contributed by atoms with Gasteiger partial charge in [-0.25, -0.2) is 0 Å². The molecule has 1 N–H and O–H groups in total. The number of methoxy groups -OCH3 is 2. The Bertz CT molecular complexity index is 509. The lowest BCUT2D eigenvalue weighted by Gasteiger charge is -2.34. The Balaban J connectivity index is 1.97. The maximum atomic E-state index is 12.3. The van der Waals surface area contributed by atoms with Gasteiger partial charge in [-0.3, -0.25) is 9.69 Å². The first kappa shape index (κ1) is 16.6. The largest absolute Gasteiger partial charge is 0.497 e. The minimum absolute atomic E-state index is 0.00948. The van der Waals surface area contributed by atoms with Crippen LogP contribution in [0.2, 0.25) is 0 Å². The van der Waals surface area contributed by atoms with Crippen molar-refractivity contribution < 1.29 is 14.3 Å². The number of hydrogen-bond donors (Lipinski definition) is 1. The molecule has 5 nitrogen and oxygen atoms in total. The molecule has 1 aromatic rings. The van der Waals surface area contributed by atoms with E-state index < -0.39 is 0 Å². The summed E-state index contributed by atoms with van der Waals surface area (Å²) in [6, 6.07) is 5.38. The number of rotatable bonds is 5. The maximum absolute atomic E-state index is 12.3. The SMILES string of the molecule is COc1ccc(NC(=O)CN2C[C@H](C)C[C@H](C)C2)c(OC)c1. The molecule has 1 amide bonds. The zero-order valence-electron chi connectivity index (χ0n) is 13.9. The number of likely N-dealkylation sites (tertiary alicyclic amines) is 1. The molecule has 2 rings (SSSR count). The number of nitrogens with one attached hydrogen (secondary N) is 1. The van der Waals surface area contributed by atoms with Gasteiger partial charge in [0.1, 0.15) is 11.5 Å². The molecule has 1 fully saturated rings. The van der Waals surface area contributed by atoms with Gasteiger partial charge < -0.3 is 14.8 Å². The Kier molecular flexibility index (Phi) is 5.66. The predicted octanol–water partition coefficient (Wildman–Crippen LogP) is 2.62. The molecule has 1 aliphatic heterocycles. The molecule has 0 saturated carbocycles. The van der Waals surface area contributed by atoms with Crippen LogP contribution in [0, 0.1) is 11.8 Å². The van der Waals surface area contributed by atoms with Crippen LogP contribution < -0.4 is 14.8 Å². The van der Waals surface area contributed by atoms with Gasteiger partial charge in [-0.1, -0.05) is 13.8 Å². The first-order chi connectivity index (χ1) is 10.5. The molecule has 0 bridgehead atoms. The van der Waals surface area contributed by atoms with E-state index in [2.05, 4.69) is 24.1 Å². The van der Waals surface area contributed by atoms with E-state index in [9.17, 15) is 4.79 Å². The molecule has 22 heavy (non-hydrogen) atoms. The van der Waals surface area contributed by atoms with E-state index in [4.69, 9.17) is 9.47 Å². The van der Waals surface area contributed by atoms with E-state index in [1.165, 1.54) is 6.42 Å². The Morgan fingerprint density at radius 2 is 1.91 bits per heavy atom. The molecule has 1 aromatic carbocycles. The molecule has 0 unspecified atom stereocenters. The molecule has 0 spiro atoms. The van der Waals surface area contributed by atoms with Gasteiger partial charge in [0.2, 0.25) is 5.91 Å². The highest BCUT2D eigenvalue weighted by Crippen LogP contribution is 2.29. The zero-order valence-corrected chi connectivity index (χ0v) is 13.9. The van der Waals surface area contributed by atoms with E-state index >= 15 is 0 Å².